The predicted molar refractivity (Wildman–Crippen MR) is 88.0 cm³/mol. The van der Waals surface area contributed by atoms with E-state index in [9.17, 15) is 4.79 Å². The van der Waals surface area contributed by atoms with Gasteiger partial charge in [0.1, 0.15) is 0 Å². The molecular weight excluding hydrogens is 262 g/mol. The highest BCUT2D eigenvalue weighted by Crippen LogP contribution is 2.13. The van der Waals surface area contributed by atoms with Crippen LogP contribution in [-0.2, 0) is 0 Å². The Kier molecular flexibility index (Phi) is 6.05. The number of carbonyl (C=O) groups is 1. The van der Waals surface area contributed by atoms with Crippen LogP contribution in [0.25, 0.3) is 0 Å². The molecule has 1 aliphatic heterocycles. The molecule has 1 heterocycles. The van der Waals surface area contributed by atoms with Crippen molar-refractivity contribution in [1.82, 2.24) is 10.2 Å². The second-order valence-electron chi connectivity index (χ2n) is 5.96. The molecule has 0 spiro atoms. The van der Waals surface area contributed by atoms with Crippen LogP contribution in [0.1, 0.15) is 36.0 Å². The van der Waals surface area contributed by atoms with Crippen LogP contribution in [0.3, 0.4) is 0 Å². The Morgan fingerprint density at radius 1 is 1.24 bits per heavy atom. The molecule has 0 aromatic heterocycles. The smallest absolute Gasteiger partial charge is 0.251 e. The van der Waals surface area contributed by atoms with Crippen LogP contribution in [0.2, 0.25) is 0 Å². The fourth-order valence-electron chi connectivity index (χ4n) is 2.71. The molecule has 1 saturated heterocycles. The Hall–Kier alpha value is -1.55. The molecule has 1 aromatic carbocycles. The van der Waals surface area contributed by atoms with Crippen molar-refractivity contribution in [2.45, 2.75) is 25.7 Å². The molecule has 1 aromatic rings. The Labute approximate surface area is 128 Å². The molecule has 1 amide bonds. The maximum atomic E-state index is 12.1. The number of hydrogen-bond donors (Lipinski definition) is 1. The van der Waals surface area contributed by atoms with Crippen molar-refractivity contribution < 1.29 is 4.79 Å². The van der Waals surface area contributed by atoms with Crippen LogP contribution >= 0.6 is 0 Å². The zero-order chi connectivity index (χ0) is 15.1. The number of rotatable bonds is 6. The third-order valence-electron chi connectivity index (χ3n) is 4.01. The van der Waals surface area contributed by atoms with Crippen LogP contribution < -0.4 is 10.2 Å². The summed E-state index contributed by atoms with van der Waals surface area (Å²) < 4.78 is 0. The molecule has 0 radical (unpaired) electrons. The molecule has 0 saturated carbocycles. The first kappa shape index (κ1) is 15.8. The molecule has 0 aliphatic carbocycles. The van der Waals surface area contributed by atoms with E-state index in [2.05, 4.69) is 10.2 Å². The minimum absolute atomic E-state index is 0.0253. The first-order valence-electron chi connectivity index (χ1n) is 7.95. The summed E-state index contributed by atoms with van der Waals surface area (Å²) in [4.78, 5) is 16.6. The minimum Gasteiger partial charge on any atom is -0.378 e. The highest BCUT2D eigenvalue weighted by atomic mass is 16.1. The van der Waals surface area contributed by atoms with Crippen LogP contribution in [0, 0.1) is 0 Å². The van der Waals surface area contributed by atoms with Crippen molar-refractivity contribution in [2.75, 3.05) is 45.2 Å². The van der Waals surface area contributed by atoms with Crippen molar-refractivity contribution in [3.63, 3.8) is 0 Å². The number of nitrogens with one attached hydrogen (secondary N) is 1. The van der Waals surface area contributed by atoms with E-state index in [4.69, 9.17) is 0 Å². The number of likely N-dealkylation sites (tertiary alicyclic amines) is 1. The summed E-state index contributed by atoms with van der Waals surface area (Å²) in [6.07, 6.45) is 5.04. The normalized spacial score (nSPS) is 15.7. The Morgan fingerprint density at radius 2 is 2.00 bits per heavy atom. The Bertz CT molecular complexity index is 453. The van der Waals surface area contributed by atoms with E-state index in [0.717, 1.165) is 30.8 Å². The van der Waals surface area contributed by atoms with Gasteiger partial charge in [-0.15, -0.1) is 0 Å². The van der Waals surface area contributed by atoms with Gasteiger partial charge >= 0.3 is 0 Å². The number of benzene rings is 1. The Morgan fingerprint density at radius 3 is 2.71 bits per heavy atom. The number of piperidine rings is 1. The van der Waals surface area contributed by atoms with Gasteiger partial charge in [0.15, 0.2) is 0 Å². The molecule has 1 fully saturated rings. The maximum Gasteiger partial charge on any atom is 0.251 e. The summed E-state index contributed by atoms with van der Waals surface area (Å²) >= 11 is 0. The average molecular weight is 289 g/mol. The zero-order valence-corrected chi connectivity index (χ0v) is 13.3. The van der Waals surface area contributed by atoms with Crippen molar-refractivity contribution in [3.05, 3.63) is 29.8 Å². The zero-order valence-electron chi connectivity index (χ0n) is 13.3. The molecule has 2 rings (SSSR count). The third kappa shape index (κ3) is 5.05. The van der Waals surface area contributed by atoms with Gasteiger partial charge in [0.05, 0.1) is 0 Å². The molecular formula is C17H27N3O. The quantitative estimate of drug-likeness (QED) is 0.817. The lowest BCUT2D eigenvalue weighted by Crippen LogP contribution is -2.33. The summed E-state index contributed by atoms with van der Waals surface area (Å²) in [6, 6.07) is 7.73. The highest BCUT2D eigenvalue weighted by molar-refractivity contribution is 5.95. The number of hydrogen-bond acceptors (Lipinski definition) is 3. The number of carbonyl (C=O) groups excluding carboxylic acids is 1. The van der Waals surface area contributed by atoms with E-state index >= 15 is 0 Å². The summed E-state index contributed by atoms with van der Waals surface area (Å²) in [5.74, 6) is 0.0253. The third-order valence-corrected chi connectivity index (χ3v) is 4.01. The van der Waals surface area contributed by atoms with Gasteiger partial charge in [0.2, 0.25) is 0 Å². The van der Waals surface area contributed by atoms with Gasteiger partial charge in [-0.2, -0.15) is 0 Å². The fourth-order valence-corrected chi connectivity index (χ4v) is 2.71. The summed E-state index contributed by atoms with van der Waals surface area (Å²) in [5.41, 5.74) is 1.79. The number of nitrogens with zero attached hydrogens (tertiary/aromatic N) is 2. The minimum atomic E-state index is 0.0253. The molecule has 1 N–H and O–H groups in total. The maximum absolute atomic E-state index is 12.1. The predicted octanol–water partition coefficient (Wildman–Crippen LogP) is 2.36. The van der Waals surface area contributed by atoms with Gasteiger partial charge in [-0.1, -0.05) is 12.5 Å². The Balaban J connectivity index is 1.72. The van der Waals surface area contributed by atoms with Gasteiger partial charge in [-0.05, 0) is 57.1 Å². The van der Waals surface area contributed by atoms with Crippen molar-refractivity contribution >= 4 is 11.6 Å². The van der Waals surface area contributed by atoms with E-state index in [1.54, 1.807) is 0 Å². The number of amides is 1. The molecule has 4 nitrogen and oxygen atoms in total. The lowest BCUT2D eigenvalue weighted by Gasteiger charge is -2.26. The molecule has 1 aliphatic rings. The summed E-state index contributed by atoms with van der Waals surface area (Å²) in [5, 5.41) is 3.02. The standard InChI is InChI=1S/C17H27N3O/c1-19(2)16-9-6-8-15(14-16)17(21)18-10-7-13-20-11-4-3-5-12-20/h6,8-9,14H,3-5,7,10-13H2,1-2H3,(H,18,21). The van der Waals surface area contributed by atoms with Crippen LogP contribution in [0.4, 0.5) is 5.69 Å². The van der Waals surface area contributed by atoms with E-state index < -0.39 is 0 Å². The van der Waals surface area contributed by atoms with Gasteiger partial charge in [-0.3, -0.25) is 4.79 Å². The van der Waals surface area contributed by atoms with Crippen molar-refractivity contribution in [2.24, 2.45) is 0 Å². The molecule has 0 bridgehead atoms. The lowest BCUT2D eigenvalue weighted by atomic mass is 10.1. The highest BCUT2D eigenvalue weighted by Gasteiger charge is 2.10. The van der Waals surface area contributed by atoms with E-state index in [-0.39, 0.29) is 5.91 Å². The molecule has 0 unspecified atom stereocenters. The van der Waals surface area contributed by atoms with Gasteiger partial charge in [0.25, 0.3) is 5.91 Å². The monoisotopic (exact) mass is 289 g/mol. The van der Waals surface area contributed by atoms with E-state index in [1.807, 2.05) is 43.3 Å². The molecule has 116 valence electrons. The van der Waals surface area contributed by atoms with Gasteiger partial charge < -0.3 is 15.1 Å². The van der Waals surface area contributed by atoms with Crippen molar-refractivity contribution in [1.29, 1.82) is 0 Å². The second kappa shape index (κ2) is 8.03. The van der Waals surface area contributed by atoms with Crippen molar-refractivity contribution in [3.8, 4) is 0 Å². The lowest BCUT2D eigenvalue weighted by molar-refractivity contribution is 0.0951. The largest absolute Gasteiger partial charge is 0.378 e. The first-order chi connectivity index (χ1) is 10.2. The SMILES string of the molecule is CN(C)c1cccc(C(=O)NCCCN2CCCCC2)c1. The van der Waals surface area contributed by atoms with Gasteiger partial charge in [-0.25, -0.2) is 0 Å². The van der Waals surface area contributed by atoms with E-state index in [1.165, 1.54) is 32.4 Å². The van der Waals surface area contributed by atoms with Crippen LogP contribution in [0.5, 0.6) is 0 Å². The molecule has 0 atom stereocenters. The van der Waals surface area contributed by atoms with Crippen LogP contribution in [0.15, 0.2) is 24.3 Å². The molecule has 4 heteroatoms. The first-order valence-corrected chi connectivity index (χ1v) is 7.95. The summed E-state index contributed by atoms with van der Waals surface area (Å²) in [7, 11) is 3.96. The fraction of sp³-hybridized carbons (Fsp3) is 0.588. The number of anilines is 1. The summed E-state index contributed by atoms with van der Waals surface area (Å²) in [6.45, 7) is 4.29. The average Bonchev–Trinajstić information content (AvgIpc) is 2.52. The van der Waals surface area contributed by atoms with Gasteiger partial charge in [0, 0.05) is 31.9 Å². The second-order valence-corrected chi connectivity index (χ2v) is 5.96. The van der Waals surface area contributed by atoms with Crippen LogP contribution in [-0.4, -0.2) is 51.1 Å². The van der Waals surface area contributed by atoms with E-state index in [0.29, 0.717) is 0 Å². The topological polar surface area (TPSA) is 35.6 Å². The molecule has 21 heavy (non-hydrogen) atoms.